The van der Waals surface area contributed by atoms with Gasteiger partial charge in [0.05, 0.1) is 17.7 Å². The van der Waals surface area contributed by atoms with Crippen LogP contribution in [0.15, 0.2) is 72.8 Å². The van der Waals surface area contributed by atoms with E-state index in [2.05, 4.69) is 72.9 Å². The highest BCUT2D eigenvalue weighted by atomic mass is 15.0. The van der Waals surface area contributed by atoms with Crippen molar-refractivity contribution in [1.82, 2.24) is 5.32 Å². The fourth-order valence-corrected chi connectivity index (χ4v) is 3.54. The molecule has 2 nitrogen and oxygen atoms in total. The lowest BCUT2D eigenvalue weighted by Crippen LogP contribution is -2.16. The number of nitrogens with zero attached hydrogens (tertiary/aromatic N) is 1. The van der Waals surface area contributed by atoms with E-state index in [4.69, 9.17) is 5.26 Å². The number of hydrogen-bond donors (Lipinski definition) is 1. The topological polar surface area (TPSA) is 35.8 Å². The SMILES string of the molecule is CC1NC(c2cccc(-c3cccc(C#N)c3)c2)c2ccccc21. The normalized spacial score (nSPS) is 18.8. The molecule has 0 aliphatic carbocycles. The maximum Gasteiger partial charge on any atom is 0.0991 e. The summed E-state index contributed by atoms with van der Waals surface area (Å²) in [6, 6.07) is 27.8. The molecular formula is C22H18N2. The Labute approximate surface area is 142 Å². The van der Waals surface area contributed by atoms with Crippen LogP contribution in [0.1, 0.15) is 41.3 Å². The summed E-state index contributed by atoms with van der Waals surface area (Å²) < 4.78 is 0. The zero-order valence-corrected chi connectivity index (χ0v) is 13.5. The van der Waals surface area contributed by atoms with Gasteiger partial charge in [0.2, 0.25) is 0 Å². The van der Waals surface area contributed by atoms with Crippen molar-refractivity contribution < 1.29 is 0 Å². The lowest BCUT2D eigenvalue weighted by Gasteiger charge is -2.15. The van der Waals surface area contributed by atoms with E-state index < -0.39 is 0 Å². The monoisotopic (exact) mass is 310 g/mol. The van der Waals surface area contributed by atoms with Gasteiger partial charge >= 0.3 is 0 Å². The second kappa shape index (κ2) is 5.96. The molecule has 1 N–H and O–H groups in total. The maximum absolute atomic E-state index is 9.11. The summed E-state index contributed by atoms with van der Waals surface area (Å²) >= 11 is 0. The smallest absolute Gasteiger partial charge is 0.0991 e. The molecule has 2 unspecified atom stereocenters. The molecular weight excluding hydrogens is 292 g/mol. The van der Waals surface area contributed by atoms with Gasteiger partial charge in [-0.2, -0.15) is 5.26 Å². The van der Waals surface area contributed by atoms with Crippen molar-refractivity contribution in [2.75, 3.05) is 0 Å². The summed E-state index contributed by atoms with van der Waals surface area (Å²) in [5.74, 6) is 0. The fraction of sp³-hybridized carbons (Fsp3) is 0.136. The van der Waals surface area contributed by atoms with E-state index in [0.29, 0.717) is 11.6 Å². The van der Waals surface area contributed by atoms with E-state index in [1.807, 2.05) is 18.2 Å². The molecule has 4 rings (SSSR count). The van der Waals surface area contributed by atoms with Gasteiger partial charge in [-0.25, -0.2) is 0 Å². The van der Waals surface area contributed by atoms with Gasteiger partial charge in [-0.15, -0.1) is 0 Å². The molecule has 3 aromatic rings. The average molecular weight is 310 g/mol. The largest absolute Gasteiger partial charge is 0.300 e. The molecule has 2 heteroatoms. The number of fused-ring (bicyclic) bond motifs is 1. The Hall–Kier alpha value is -2.89. The van der Waals surface area contributed by atoms with E-state index in [0.717, 1.165) is 11.1 Å². The zero-order chi connectivity index (χ0) is 16.5. The molecule has 2 atom stereocenters. The first-order valence-corrected chi connectivity index (χ1v) is 8.21. The summed E-state index contributed by atoms with van der Waals surface area (Å²) in [7, 11) is 0. The van der Waals surface area contributed by atoms with E-state index in [-0.39, 0.29) is 6.04 Å². The predicted octanol–water partition coefficient (Wildman–Crippen LogP) is 4.98. The van der Waals surface area contributed by atoms with Crippen molar-refractivity contribution in [1.29, 1.82) is 5.26 Å². The van der Waals surface area contributed by atoms with Crippen molar-refractivity contribution in [3.63, 3.8) is 0 Å². The first-order valence-electron chi connectivity index (χ1n) is 8.21. The van der Waals surface area contributed by atoms with Crippen molar-refractivity contribution in [3.8, 4) is 17.2 Å². The number of nitriles is 1. The third-order valence-electron chi connectivity index (χ3n) is 4.74. The number of nitrogens with one attached hydrogen (secondary N) is 1. The Bertz CT molecular complexity index is 936. The fourth-order valence-electron chi connectivity index (χ4n) is 3.54. The Kier molecular flexibility index (Phi) is 3.65. The van der Waals surface area contributed by atoms with Gasteiger partial charge in [0.1, 0.15) is 0 Å². The minimum atomic E-state index is 0.218. The van der Waals surface area contributed by atoms with Gasteiger partial charge < -0.3 is 0 Å². The lowest BCUT2D eigenvalue weighted by molar-refractivity contribution is 0.575. The van der Waals surface area contributed by atoms with Crippen LogP contribution in [0.3, 0.4) is 0 Å². The number of hydrogen-bond acceptors (Lipinski definition) is 2. The molecule has 0 fully saturated rings. The molecule has 0 spiro atoms. The number of rotatable bonds is 2. The summed E-state index contributed by atoms with van der Waals surface area (Å²) in [5.41, 5.74) is 6.90. The molecule has 3 aromatic carbocycles. The van der Waals surface area contributed by atoms with Gasteiger partial charge in [-0.05, 0) is 52.9 Å². The highest BCUT2D eigenvalue weighted by molar-refractivity contribution is 5.66. The molecule has 0 bridgehead atoms. The number of benzene rings is 3. The lowest BCUT2D eigenvalue weighted by atomic mass is 9.94. The molecule has 0 radical (unpaired) electrons. The van der Waals surface area contributed by atoms with Gasteiger partial charge in [0, 0.05) is 6.04 Å². The highest BCUT2D eigenvalue weighted by Crippen LogP contribution is 2.37. The van der Waals surface area contributed by atoms with Gasteiger partial charge in [-0.3, -0.25) is 5.32 Å². The first-order chi connectivity index (χ1) is 11.8. The minimum Gasteiger partial charge on any atom is -0.300 e. The summed E-state index contributed by atoms with van der Waals surface area (Å²) in [6.45, 7) is 2.21. The van der Waals surface area contributed by atoms with Crippen molar-refractivity contribution in [2.24, 2.45) is 0 Å². The minimum absolute atomic E-state index is 0.218. The van der Waals surface area contributed by atoms with Crippen LogP contribution in [0.4, 0.5) is 0 Å². The van der Waals surface area contributed by atoms with E-state index in [9.17, 15) is 0 Å². The van der Waals surface area contributed by atoms with Crippen LogP contribution in [0.2, 0.25) is 0 Å². The van der Waals surface area contributed by atoms with Crippen LogP contribution >= 0.6 is 0 Å². The van der Waals surface area contributed by atoms with E-state index in [1.54, 1.807) is 0 Å². The third kappa shape index (κ3) is 2.50. The molecule has 24 heavy (non-hydrogen) atoms. The zero-order valence-electron chi connectivity index (χ0n) is 13.5. The Balaban J connectivity index is 1.75. The maximum atomic E-state index is 9.11. The predicted molar refractivity (Wildman–Crippen MR) is 96.4 cm³/mol. The van der Waals surface area contributed by atoms with Crippen LogP contribution in [0, 0.1) is 11.3 Å². The molecule has 1 aliphatic rings. The van der Waals surface area contributed by atoms with Crippen LogP contribution in [0.5, 0.6) is 0 Å². The molecule has 116 valence electrons. The Morgan fingerprint density at radius 3 is 2.33 bits per heavy atom. The summed E-state index contributed by atoms with van der Waals surface area (Å²) in [4.78, 5) is 0. The van der Waals surface area contributed by atoms with Gasteiger partial charge in [0.25, 0.3) is 0 Å². The van der Waals surface area contributed by atoms with E-state index in [1.165, 1.54) is 16.7 Å². The Morgan fingerprint density at radius 1 is 0.833 bits per heavy atom. The first kappa shape index (κ1) is 14.7. The van der Waals surface area contributed by atoms with Crippen molar-refractivity contribution in [3.05, 3.63) is 95.1 Å². The molecule has 0 saturated carbocycles. The van der Waals surface area contributed by atoms with Gasteiger partial charge in [-0.1, -0.05) is 54.6 Å². The second-order valence-electron chi connectivity index (χ2n) is 6.27. The highest BCUT2D eigenvalue weighted by Gasteiger charge is 2.28. The standard InChI is InChI=1S/C22H18N2/c1-15-20-10-2-3-11-21(20)22(24-15)19-9-5-8-18(13-19)17-7-4-6-16(12-17)14-23/h2-13,15,22,24H,1H3. The summed E-state index contributed by atoms with van der Waals surface area (Å²) in [6.07, 6.45) is 0. The van der Waals surface area contributed by atoms with Crippen molar-refractivity contribution in [2.45, 2.75) is 19.0 Å². The van der Waals surface area contributed by atoms with Crippen LogP contribution < -0.4 is 5.32 Å². The molecule has 0 aromatic heterocycles. The molecule has 0 saturated heterocycles. The van der Waals surface area contributed by atoms with Crippen LogP contribution in [0.25, 0.3) is 11.1 Å². The van der Waals surface area contributed by atoms with Gasteiger partial charge in [0.15, 0.2) is 0 Å². The quantitative estimate of drug-likeness (QED) is 0.724. The summed E-state index contributed by atoms with van der Waals surface area (Å²) in [5, 5.41) is 12.8. The average Bonchev–Trinajstić information content (AvgIpc) is 2.99. The van der Waals surface area contributed by atoms with E-state index >= 15 is 0 Å². The molecule has 1 aliphatic heterocycles. The third-order valence-corrected chi connectivity index (χ3v) is 4.74. The molecule has 0 amide bonds. The Morgan fingerprint density at radius 2 is 1.54 bits per heavy atom. The van der Waals surface area contributed by atoms with Crippen molar-refractivity contribution >= 4 is 0 Å². The van der Waals surface area contributed by atoms with Crippen LogP contribution in [-0.2, 0) is 0 Å². The van der Waals surface area contributed by atoms with Crippen LogP contribution in [-0.4, -0.2) is 0 Å². The molecule has 1 heterocycles. The second-order valence-corrected chi connectivity index (χ2v) is 6.27.